The first-order valence-electron chi connectivity index (χ1n) is 20.4. The molecule has 7 aromatic rings. The molecule has 6 aromatic heterocycles. The van der Waals surface area contributed by atoms with Crippen LogP contribution in [0.5, 0.6) is 0 Å². The van der Waals surface area contributed by atoms with Gasteiger partial charge in [0.05, 0.1) is 22.8 Å². The number of ether oxygens (including phenoxy) is 1. The monoisotopic (exact) mass is 817 g/mol. The molecule has 2 amide bonds. The molecule has 2 aliphatic rings. The summed E-state index contributed by atoms with van der Waals surface area (Å²) >= 11 is 0. The summed E-state index contributed by atoms with van der Waals surface area (Å²) < 4.78 is 5.29. The van der Waals surface area contributed by atoms with Gasteiger partial charge in [0.1, 0.15) is 5.60 Å². The van der Waals surface area contributed by atoms with Crippen molar-refractivity contribution in [1.29, 1.82) is 0 Å². The van der Waals surface area contributed by atoms with E-state index in [4.69, 9.17) is 14.7 Å². The smallest absolute Gasteiger partial charge is 0.407 e. The van der Waals surface area contributed by atoms with Gasteiger partial charge in [-0.15, -0.1) is 0 Å². The highest BCUT2D eigenvalue weighted by Gasteiger charge is 2.20. The number of amides is 2. The number of nitrogens with zero attached hydrogens (tertiary/aromatic N) is 5. The SMILES string of the molecule is CC(C)(C)OC(=O)NCCCC(=O)Nc1ccc(-c2c3nc(c(-c4ccncc4)c4ccc([nH]4)c(-c4ccncc4)c4nc(c(-c5ccncc5)c5ccc2[nH]5)C=C4)C=C3)cc1. The van der Waals surface area contributed by atoms with Crippen molar-refractivity contribution in [3.63, 3.8) is 0 Å². The minimum atomic E-state index is -0.589. The molecule has 0 radical (unpaired) electrons. The van der Waals surface area contributed by atoms with Crippen molar-refractivity contribution in [2.45, 2.75) is 39.2 Å². The molecule has 0 saturated heterocycles. The maximum Gasteiger partial charge on any atom is 0.407 e. The van der Waals surface area contributed by atoms with Crippen LogP contribution in [0.3, 0.4) is 0 Å². The van der Waals surface area contributed by atoms with Gasteiger partial charge in [0.2, 0.25) is 5.91 Å². The van der Waals surface area contributed by atoms with Crippen molar-refractivity contribution in [3.05, 3.63) is 145 Å². The van der Waals surface area contributed by atoms with Gasteiger partial charge in [0.15, 0.2) is 0 Å². The zero-order chi connectivity index (χ0) is 42.6. The second-order valence-corrected chi connectivity index (χ2v) is 15.9. The Kier molecular flexibility index (Phi) is 10.8. The summed E-state index contributed by atoms with van der Waals surface area (Å²) in [5.74, 6) is -0.155. The van der Waals surface area contributed by atoms with E-state index in [0.29, 0.717) is 18.7 Å². The lowest BCUT2D eigenvalue weighted by Gasteiger charge is -2.19. The topological polar surface area (TPSA) is 163 Å². The molecule has 0 spiro atoms. The van der Waals surface area contributed by atoms with Crippen LogP contribution in [0.2, 0.25) is 0 Å². The Morgan fingerprint density at radius 1 is 0.532 bits per heavy atom. The molecule has 0 saturated carbocycles. The molecule has 12 heteroatoms. The molecule has 8 heterocycles. The van der Waals surface area contributed by atoms with Crippen molar-refractivity contribution in [2.75, 3.05) is 11.9 Å². The average molecular weight is 818 g/mol. The van der Waals surface area contributed by atoms with Gasteiger partial charge in [-0.1, -0.05) is 12.1 Å². The fourth-order valence-electron chi connectivity index (χ4n) is 7.67. The second kappa shape index (κ2) is 16.9. The van der Waals surface area contributed by atoms with Crippen molar-refractivity contribution in [2.24, 2.45) is 0 Å². The van der Waals surface area contributed by atoms with Crippen LogP contribution < -0.4 is 10.6 Å². The quantitative estimate of drug-likeness (QED) is 0.105. The Morgan fingerprint density at radius 2 is 0.903 bits per heavy atom. The number of aromatic nitrogens is 7. The molecule has 0 fully saturated rings. The fourth-order valence-corrected chi connectivity index (χ4v) is 7.67. The maximum atomic E-state index is 12.9. The van der Waals surface area contributed by atoms with Crippen LogP contribution in [-0.2, 0) is 9.53 Å². The molecule has 0 unspecified atom stereocenters. The minimum absolute atomic E-state index is 0.155. The largest absolute Gasteiger partial charge is 0.444 e. The third kappa shape index (κ3) is 8.52. The van der Waals surface area contributed by atoms with Crippen molar-refractivity contribution in [3.8, 4) is 44.5 Å². The molecule has 2 aliphatic heterocycles. The zero-order valence-electron chi connectivity index (χ0n) is 34.4. The number of carbonyl (C=O) groups is 2. The van der Waals surface area contributed by atoms with Crippen LogP contribution >= 0.6 is 0 Å². The van der Waals surface area contributed by atoms with Gasteiger partial charge < -0.3 is 25.3 Å². The van der Waals surface area contributed by atoms with E-state index in [0.717, 1.165) is 89.4 Å². The van der Waals surface area contributed by atoms with Gasteiger partial charge in [-0.05, 0) is 147 Å². The summed E-state index contributed by atoms with van der Waals surface area (Å²) in [6.07, 6.45) is 19.1. The van der Waals surface area contributed by atoms with Gasteiger partial charge in [-0.2, -0.15) is 0 Å². The Bertz CT molecular complexity index is 2990. The van der Waals surface area contributed by atoms with E-state index in [1.165, 1.54) is 0 Å². The number of alkyl carbamates (subject to hydrolysis) is 1. The Hall–Kier alpha value is -7.99. The number of hydrogen-bond acceptors (Lipinski definition) is 8. The van der Waals surface area contributed by atoms with Crippen molar-refractivity contribution < 1.29 is 14.3 Å². The molecule has 8 bridgehead atoms. The lowest BCUT2D eigenvalue weighted by molar-refractivity contribution is -0.116. The first-order valence-corrected chi connectivity index (χ1v) is 20.4. The van der Waals surface area contributed by atoms with E-state index in [1.54, 1.807) is 37.2 Å². The maximum absolute atomic E-state index is 12.9. The number of nitrogens with one attached hydrogen (secondary N) is 4. The molecule has 1 aromatic carbocycles. The normalized spacial score (nSPS) is 12.0. The highest BCUT2D eigenvalue weighted by molar-refractivity contribution is 6.00. The lowest BCUT2D eigenvalue weighted by atomic mass is 10.0. The lowest BCUT2D eigenvalue weighted by Crippen LogP contribution is -2.33. The van der Waals surface area contributed by atoms with Gasteiger partial charge in [0.25, 0.3) is 0 Å². The van der Waals surface area contributed by atoms with Gasteiger partial charge in [0, 0.05) is 100 Å². The number of rotatable bonds is 9. The third-order valence-electron chi connectivity index (χ3n) is 10.4. The summed E-state index contributed by atoms with van der Waals surface area (Å²) in [6.45, 7) is 5.75. The molecular formula is C50H43N9O3. The Labute approximate surface area is 358 Å². The summed E-state index contributed by atoms with van der Waals surface area (Å²) in [4.78, 5) is 56.0. The van der Waals surface area contributed by atoms with Crippen LogP contribution in [-0.4, -0.2) is 59.0 Å². The molecule has 4 N–H and O–H groups in total. The van der Waals surface area contributed by atoms with E-state index in [9.17, 15) is 9.59 Å². The first kappa shape index (κ1) is 39.5. The highest BCUT2D eigenvalue weighted by Crippen LogP contribution is 2.38. The van der Waals surface area contributed by atoms with Gasteiger partial charge in [-0.25, -0.2) is 14.8 Å². The highest BCUT2D eigenvalue weighted by atomic mass is 16.6. The molecule has 62 heavy (non-hydrogen) atoms. The standard InChI is InChI=1S/C50H43N9O3/c1-50(2,3)62-49(61)54-24-4-5-44(60)55-35-8-6-31(7-9-35)45-36-10-12-38(56-36)46(32-18-25-51-26-19-32)40-14-16-42(58-40)48(34-22-29-53-30-23-34)43-17-15-41(59-43)47(33-20-27-52-28-21-33)39-13-11-37(45)57-39/h6-23,25-30,56,59H,4-5,24H2,1-3H3,(H,54,61)(H,55,60). The van der Waals surface area contributed by atoms with Gasteiger partial charge >= 0.3 is 6.09 Å². The van der Waals surface area contributed by atoms with Crippen LogP contribution in [0.25, 0.3) is 90.9 Å². The number of aromatic amines is 2. The molecular weight excluding hydrogens is 775 g/mol. The van der Waals surface area contributed by atoms with Crippen LogP contribution in [0.15, 0.2) is 122 Å². The van der Waals surface area contributed by atoms with Crippen LogP contribution in [0.4, 0.5) is 10.5 Å². The number of fused-ring (bicyclic) bond motifs is 8. The van der Waals surface area contributed by atoms with E-state index < -0.39 is 11.7 Å². The van der Waals surface area contributed by atoms with Gasteiger partial charge in [-0.3, -0.25) is 19.7 Å². The van der Waals surface area contributed by atoms with Crippen LogP contribution in [0, 0.1) is 0 Å². The van der Waals surface area contributed by atoms with Crippen molar-refractivity contribution >= 4 is 64.1 Å². The number of anilines is 1. The van der Waals surface area contributed by atoms with Crippen LogP contribution in [0.1, 0.15) is 56.4 Å². The Morgan fingerprint density at radius 3 is 1.27 bits per heavy atom. The summed E-state index contributed by atoms with van der Waals surface area (Å²) in [6, 6.07) is 28.0. The van der Waals surface area contributed by atoms with E-state index in [-0.39, 0.29) is 12.3 Å². The molecule has 9 rings (SSSR count). The van der Waals surface area contributed by atoms with E-state index in [2.05, 4.69) is 72.0 Å². The minimum Gasteiger partial charge on any atom is -0.444 e. The Balaban J connectivity index is 1.20. The molecule has 12 nitrogen and oxygen atoms in total. The number of hydrogen-bond donors (Lipinski definition) is 4. The second-order valence-electron chi connectivity index (χ2n) is 15.9. The number of carbonyl (C=O) groups excluding carboxylic acids is 2. The van der Waals surface area contributed by atoms with E-state index in [1.807, 2.05) is 93.6 Å². The molecule has 306 valence electrons. The summed E-state index contributed by atoms with van der Waals surface area (Å²) in [5.41, 5.74) is 14.1. The predicted molar refractivity (Wildman–Crippen MR) is 246 cm³/mol. The predicted octanol–water partition coefficient (Wildman–Crippen LogP) is 10.8. The molecule has 0 atom stereocenters. The fraction of sp³-hybridized carbons (Fsp3) is 0.140. The molecule has 0 aliphatic carbocycles. The third-order valence-corrected chi connectivity index (χ3v) is 10.4. The first-order chi connectivity index (χ1) is 30.2. The average Bonchev–Trinajstić information content (AvgIpc) is 4.12. The van der Waals surface area contributed by atoms with E-state index >= 15 is 0 Å². The summed E-state index contributed by atoms with van der Waals surface area (Å²) in [5, 5.41) is 5.70. The number of pyridine rings is 3. The van der Waals surface area contributed by atoms with Crippen molar-refractivity contribution in [1.82, 2.24) is 40.2 Å². The number of benzene rings is 1. The zero-order valence-corrected chi connectivity index (χ0v) is 34.4. The number of H-pyrrole nitrogens is 2. The summed E-state index contributed by atoms with van der Waals surface area (Å²) in [7, 11) is 0.